The molecule has 8 heteroatoms. The van der Waals surface area contributed by atoms with Gasteiger partial charge in [-0.2, -0.15) is 17.6 Å². The molecule has 0 aliphatic carbocycles. The molecule has 1 atom stereocenters. The van der Waals surface area contributed by atoms with Gasteiger partial charge in [0.2, 0.25) is 0 Å². The van der Waals surface area contributed by atoms with Crippen molar-refractivity contribution >= 4 is 0 Å². The molecule has 0 heterocycles. The van der Waals surface area contributed by atoms with Crippen LogP contribution in [-0.4, -0.2) is 43.3 Å². The third-order valence-electron chi connectivity index (χ3n) is 5.08. The second kappa shape index (κ2) is 12.1. The van der Waals surface area contributed by atoms with Gasteiger partial charge in [-0.05, 0) is 32.8 Å². The molecule has 0 fully saturated rings. The van der Waals surface area contributed by atoms with E-state index in [4.69, 9.17) is 14.2 Å². The summed E-state index contributed by atoms with van der Waals surface area (Å²) >= 11 is 0. The van der Waals surface area contributed by atoms with E-state index in [0.29, 0.717) is 12.8 Å². The Balaban J connectivity index is 3.54. The van der Waals surface area contributed by atoms with Crippen molar-refractivity contribution in [3.8, 4) is 0 Å². The Labute approximate surface area is 182 Å². The minimum atomic E-state index is -5.14. The van der Waals surface area contributed by atoms with Gasteiger partial charge in [-0.15, -0.1) is 0 Å². The number of ether oxygens (including phenoxy) is 3. The zero-order valence-corrected chi connectivity index (χ0v) is 18.9. The van der Waals surface area contributed by atoms with Gasteiger partial charge in [-0.1, -0.05) is 56.5 Å². The summed E-state index contributed by atoms with van der Waals surface area (Å²) in [5.41, 5.74) is -3.91. The molecule has 0 radical (unpaired) electrons. The van der Waals surface area contributed by atoms with Crippen LogP contribution in [0.4, 0.5) is 22.0 Å². The van der Waals surface area contributed by atoms with Crippen LogP contribution < -0.4 is 0 Å². The first kappa shape index (κ1) is 27.8. The lowest BCUT2D eigenvalue weighted by Crippen LogP contribution is -2.71. The predicted octanol–water partition coefficient (Wildman–Crippen LogP) is 6.94. The molecule has 0 aliphatic rings. The van der Waals surface area contributed by atoms with Crippen molar-refractivity contribution in [2.45, 2.75) is 89.7 Å². The average molecular weight is 455 g/mol. The lowest BCUT2D eigenvalue weighted by molar-refractivity contribution is -0.466. The van der Waals surface area contributed by atoms with E-state index in [0.717, 1.165) is 6.42 Å². The third kappa shape index (κ3) is 6.17. The highest BCUT2D eigenvalue weighted by Gasteiger charge is 2.78. The molecule has 1 rings (SSSR count). The van der Waals surface area contributed by atoms with Crippen molar-refractivity contribution < 1.29 is 36.2 Å². The molecule has 0 bridgehead atoms. The van der Waals surface area contributed by atoms with Crippen molar-refractivity contribution in [3.63, 3.8) is 0 Å². The summed E-state index contributed by atoms with van der Waals surface area (Å²) in [5, 5.41) is 0. The van der Waals surface area contributed by atoms with Gasteiger partial charge in [0.15, 0.2) is 0 Å². The maximum absolute atomic E-state index is 16.6. The first-order valence-electron chi connectivity index (χ1n) is 11.0. The fraction of sp³-hybridized carbons (Fsp3) is 0.739. The smallest absolute Gasteiger partial charge is 0.325 e. The van der Waals surface area contributed by atoms with Crippen molar-refractivity contribution in [2.24, 2.45) is 0 Å². The number of unbranched alkanes of at least 4 members (excludes halogenated alkanes) is 3. The molecule has 0 aliphatic heterocycles. The minimum Gasteiger partial charge on any atom is -0.325 e. The first-order chi connectivity index (χ1) is 14.6. The Bertz CT molecular complexity index is 610. The second-order valence-corrected chi connectivity index (χ2v) is 7.41. The summed E-state index contributed by atoms with van der Waals surface area (Å²) in [4.78, 5) is 0. The van der Waals surface area contributed by atoms with Crippen LogP contribution in [0.1, 0.15) is 65.4 Å². The summed E-state index contributed by atoms with van der Waals surface area (Å²) in [6.45, 7) is 5.32. The first-order valence-corrected chi connectivity index (χ1v) is 11.0. The standard InChI is InChI=1S/C23H35F5O3/c1-5-9-10-14-17-21(25,26)22(27,28)20(24,18-19-15-12-11-13-16-19)23(29-6-2,30-7-3)31-8-4/h11-13,15-16H,5-10,14,17-18H2,1-4H3. The number of hydrogen-bond acceptors (Lipinski definition) is 3. The van der Waals surface area contributed by atoms with E-state index >= 15 is 13.2 Å². The highest BCUT2D eigenvalue weighted by Crippen LogP contribution is 2.54. The van der Waals surface area contributed by atoms with Crippen LogP contribution in [0.3, 0.4) is 0 Å². The summed E-state index contributed by atoms with van der Waals surface area (Å²) in [5.74, 6) is -12.8. The quantitative estimate of drug-likeness (QED) is 0.154. The van der Waals surface area contributed by atoms with Crippen LogP contribution >= 0.6 is 0 Å². The van der Waals surface area contributed by atoms with Gasteiger partial charge >= 0.3 is 17.8 Å². The zero-order chi connectivity index (χ0) is 23.6. The summed E-state index contributed by atoms with van der Waals surface area (Å²) in [6, 6.07) is 7.42. The lowest BCUT2D eigenvalue weighted by Gasteiger charge is -2.48. The largest absolute Gasteiger partial charge is 0.351 e. The van der Waals surface area contributed by atoms with Crippen LogP contribution in [0.15, 0.2) is 30.3 Å². The fourth-order valence-corrected chi connectivity index (χ4v) is 3.55. The number of hydrogen-bond donors (Lipinski definition) is 0. The van der Waals surface area contributed by atoms with Gasteiger partial charge in [0.1, 0.15) is 0 Å². The van der Waals surface area contributed by atoms with Crippen LogP contribution in [0.25, 0.3) is 0 Å². The zero-order valence-electron chi connectivity index (χ0n) is 18.9. The number of alkyl halides is 5. The molecule has 1 unspecified atom stereocenters. The Kier molecular flexibility index (Phi) is 10.9. The van der Waals surface area contributed by atoms with Crippen molar-refractivity contribution in [2.75, 3.05) is 19.8 Å². The van der Waals surface area contributed by atoms with Gasteiger partial charge in [0.25, 0.3) is 5.67 Å². The van der Waals surface area contributed by atoms with Gasteiger partial charge < -0.3 is 14.2 Å². The van der Waals surface area contributed by atoms with Crippen molar-refractivity contribution in [3.05, 3.63) is 35.9 Å². The molecule has 0 N–H and O–H groups in total. The molecular formula is C23H35F5O3. The van der Waals surface area contributed by atoms with Crippen LogP contribution in [0, 0.1) is 0 Å². The van der Waals surface area contributed by atoms with E-state index in [1.807, 2.05) is 6.92 Å². The monoisotopic (exact) mass is 454 g/mol. The van der Waals surface area contributed by atoms with Gasteiger partial charge in [-0.3, -0.25) is 0 Å². The molecule has 3 nitrogen and oxygen atoms in total. The van der Waals surface area contributed by atoms with E-state index in [-0.39, 0.29) is 31.8 Å². The molecule has 180 valence electrons. The molecular weight excluding hydrogens is 419 g/mol. The molecule has 1 aromatic carbocycles. The molecule has 0 saturated heterocycles. The van der Waals surface area contributed by atoms with Crippen LogP contribution in [-0.2, 0) is 20.6 Å². The summed E-state index contributed by atoms with van der Waals surface area (Å²) in [6.07, 6.45) is -0.638. The topological polar surface area (TPSA) is 27.7 Å². The fourth-order valence-electron chi connectivity index (χ4n) is 3.55. The molecule has 31 heavy (non-hydrogen) atoms. The number of benzene rings is 1. The molecule has 0 aromatic heterocycles. The Morgan fingerprint density at radius 3 is 1.68 bits per heavy atom. The average Bonchev–Trinajstić information content (AvgIpc) is 2.72. The van der Waals surface area contributed by atoms with E-state index in [9.17, 15) is 8.78 Å². The van der Waals surface area contributed by atoms with E-state index < -0.39 is 36.3 Å². The summed E-state index contributed by atoms with van der Waals surface area (Å²) in [7, 11) is 0. The summed E-state index contributed by atoms with van der Waals surface area (Å²) < 4.78 is 93.3. The van der Waals surface area contributed by atoms with E-state index in [1.54, 1.807) is 6.07 Å². The molecule has 0 spiro atoms. The van der Waals surface area contributed by atoms with Gasteiger partial charge in [0.05, 0.1) is 0 Å². The molecule has 1 aromatic rings. The van der Waals surface area contributed by atoms with Crippen LogP contribution in [0.5, 0.6) is 0 Å². The molecule has 0 amide bonds. The van der Waals surface area contributed by atoms with Gasteiger partial charge in [0, 0.05) is 32.7 Å². The highest BCUT2D eigenvalue weighted by atomic mass is 19.3. The predicted molar refractivity (Wildman–Crippen MR) is 110 cm³/mol. The van der Waals surface area contributed by atoms with Crippen LogP contribution in [0.2, 0.25) is 0 Å². The second-order valence-electron chi connectivity index (χ2n) is 7.41. The number of rotatable bonds is 16. The Hall–Kier alpha value is -1.25. The third-order valence-corrected chi connectivity index (χ3v) is 5.08. The van der Waals surface area contributed by atoms with E-state index in [2.05, 4.69) is 0 Å². The SMILES string of the molecule is CCCCCCC(F)(F)C(F)(F)C(F)(Cc1ccccc1)C(OCC)(OCC)OCC. The minimum absolute atomic E-state index is 0.0925. The van der Waals surface area contributed by atoms with Crippen molar-refractivity contribution in [1.82, 2.24) is 0 Å². The van der Waals surface area contributed by atoms with Crippen molar-refractivity contribution in [1.29, 1.82) is 0 Å². The normalized spacial score (nSPS) is 15.1. The lowest BCUT2D eigenvalue weighted by atomic mass is 9.82. The maximum Gasteiger partial charge on any atom is 0.351 e. The Morgan fingerprint density at radius 2 is 1.23 bits per heavy atom. The maximum atomic E-state index is 16.6. The molecule has 0 saturated carbocycles. The Morgan fingerprint density at radius 1 is 0.710 bits per heavy atom. The highest BCUT2D eigenvalue weighted by molar-refractivity contribution is 5.21. The number of halogens is 5. The van der Waals surface area contributed by atoms with E-state index in [1.165, 1.54) is 45.0 Å². The van der Waals surface area contributed by atoms with Gasteiger partial charge in [-0.25, -0.2) is 4.39 Å².